The molecule has 0 unspecified atom stereocenters. The van der Waals surface area contributed by atoms with E-state index in [2.05, 4.69) is 45.6 Å². The minimum atomic E-state index is -0.0375. The second-order valence-corrected chi connectivity index (χ2v) is 10.6. The fourth-order valence-corrected chi connectivity index (χ4v) is 5.50. The number of fused-ring (bicyclic) bond motifs is 1. The van der Waals surface area contributed by atoms with E-state index in [0.29, 0.717) is 19.1 Å². The highest BCUT2D eigenvalue weighted by Gasteiger charge is 2.30. The number of rotatable bonds is 12. The zero-order chi connectivity index (χ0) is 29.1. The molecule has 0 bridgehead atoms. The van der Waals surface area contributed by atoms with Gasteiger partial charge in [0.15, 0.2) is 0 Å². The van der Waals surface area contributed by atoms with Gasteiger partial charge in [0.05, 0.1) is 12.2 Å². The number of carbonyl (C=O) groups is 2. The number of nitrogens with zero attached hydrogens (tertiary/aromatic N) is 2. The van der Waals surface area contributed by atoms with Crippen LogP contribution >= 0.6 is 0 Å². The molecular weight excluding hydrogens is 502 g/mol. The van der Waals surface area contributed by atoms with Crippen molar-refractivity contribution in [1.82, 2.24) is 20.1 Å². The molecule has 2 aliphatic heterocycles. The zero-order valence-corrected chi connectivity index (χ0v) is 25.4. The Labute approximate surface area is 240 Å². The van der Waals surface area contributed by atoms with Crippen LogP contribution in [0.4, 0.5) is 5.69 Å². The maximum Gasteiger partial charge on any atom is 0.256 e. The SMILES string of the molecule is CC.COCCN(C)CCN(CCCc1cc(C)c(/C=C2\C(=O)Nc3cccc(C4CCNCC4)c32)[nH]1)C(C)=O. The third-order valence-electron chi connectivity index (χ3n) is 7.79. The number of anilines is 1. The lowest BCUT2D eigenvalue weighted by Crippen LogP contribution is -2.37. The topological polar surface area (TPSA) is 89.7 Å². The number of hydrogen-bond acceptors (Lipinski definition) is 5. The summed E-state index contributed by atoms with van der Waals surface area (Å²) in [5.41, 5.74) is 7.21. The van der Waals surface area contributed by atoms with Crippen molar-refractivity contribution in [1.29, 1.82) is 0 Å². The Kier molecular flexibility index (Phi) is 12.4. The Balaban J connectivity index is 0.00000216. The van der Waals surface area contributed by atoms with Crippen molar-refractivity contribution in [3.05, 3.63) is 52.3 Å². The predicted molar refractivity (Wildman–Crippen MR) is 165 cm³/mol. The number of likely N-dealkylation sites (N-methyl/N-ethyl adjacent to an activating group) is 1. The van der Waals surface area contributed by atoms with Crippen LogP contribution in [0.5, 0.6) is 0 Å². The molecule has 0 atom stereocenters. The van der Waals surface area contributed by atoms with Crippen molar-refractivity contribution in [3.63, 3.8) is 0 Å². The summed E-state index contributed by atoms with van der Waals surface area (Å²) in [5.74, 6) is 0.532. The van der Waals surface area contributed by atoms with E-state index < -0.39 is 0 Å². The highest BCUT2D eigenvalue weighted by Crippen LogP contribution is 2.41. The van der Waals surface area contributed by atoms with Crippen LogP contribution in [0.1, 0.15) is 74.0 Å². The molecule has 8 nitrogen and oxygen atoms in total. The van der Waals surface area contributed by atoms with Crippen LogP contribution in [0.15, 0.2) is 24.3 Å². The number of aromatic amines is 1. The number of hydrogen-bond donors (Lipinski definition) is 3. The molecule has 2 aliphatic rings. The maximum atomic E-state index is 13.0. The first kappa shape index (κ1) is 31.6. The molecule has 4 rings (SSSR count). The lowest BCUT2D eigenvalue weighted by Gasteiger charge is -2.25. The lowest BCUT2D eigenvalue weighted by molar-refractivity contribution is -0.129. The summed E-state index contributed by atoms with van der Waals surface area (Å²) in [6.07, 6.45) is 5.91. The molecule has 0 spiro atoms. The van der Waals surface area contributed by atoms with Gasteiger partial charge in [-0.05, 0) is 88.0 Å². The summed E-state index contributed by atoms with van der Waals surface area (Å²) in [6, 6.07) is 8.41. The molecule has 40 heavy (non-hydrogen) atoms. The van der Waals surface area contributed by atoms with Gasteiger partial charge in [0.2, 0.25) is 5.91 Å². The average molecular weight is 552 g/mol. The highest BCUT2D eigenvalue weighted by atomic mass is 16.5. The molecule has 2 amide bonds. The van der Waals surface area contributed by atoms with Gasteiger partial charge in [0.25, 0.3) is 5.91 Å². The first-order chi connectivity index (χ1) is 19.4. The van der Waals surface area contributed by atoms with E-state index in [0.717, 1.165) is 92.2 Å². The molecule has 1 aromatic carbocycles. The number of piperidine rings is 1. The number of carbonyl (C=O) groups excluding carboxylic acids is 2. The van der Waals surface area contributed by atoms with Crippen LogP contribution in [0.2, 0.25) is 0 Å². The van der Waals surface area contributed by atoms with E-state index in [1.54, 1.807) is 14.0 Å². The third-order valence-corrected chi connectivity index (χ3v) is 7.79. The van der Waals surface area contributed by atoms with Crippen molar-refractivity contribution in [2.75, 3.05) is 65.3 Å². The number of ether oxygens (including phenoxy) is 1. The summed E-state index contributed by atoms with van der Waals surface area (Å²) in [5, 5.41) is 6.52. The summed E-state index contributed by atoms with van der Waals surface area (Å²) < 4.78 is 5.14. The second kappa shape index (κ2) is 15.7. The number of aryl methyl sites for hydroxylation is 2. The molecule has 3 N–H and O–H groups in total. The molecule has 1 aromatic heterocycles. The Morgan fingerprint density at radius 1 is 1.12 bits per heavy atom. The van der Waals surface area contributed by atoms with Gasteiger partial charge in [0, 0.05) is 62.9 Å². The van der Waals surface area contributed by atoms with E-state index in [1.165, 1.54) is 5.56 Å². The molecule has 0 saturated carbocycles. The standard InChI is InChI=1S/C30H43N5O3.C2H6/c1-21-19-24(7-6-14-35(22(2)36)16-15-34(3)17-18-38-4)32-28(21)20-26-29-25(23-10-12-31-13-11-23)8-5-9-27(29)33-30(26)37;1-2/h5,8-9,19-20,23,31-32H,6-7,10-18H2,1-4H3,(H,33,37);1-2H3/b26-20-;. The van der Waals surface area contributed by atoms with Gasteiger partial charge in [-0.25, -0.2) is 0 Å². The van der Waals surface area contributed by atoms with Crippen LogP contribution in [0, 0.1) is 6.92 Å². The van der Waals surface area contributed by atoms with Crippen LogP contribution in [-0.4, -0.2) is 86.6 Å². The molecule has 8 heteroatoms. The number of methoxy groups -OCH3 is 1. The van der Waals surface area contributed by atoms with Gasteiger partial charge in [-0.3, -0.25) is 9.59 Å². The first-order valence-electron chi connectivity index (χ1n) is 14.9. The molecular formula is C32H49N5O3. The molecule has 3 heterocycles. The minimum absolute atomic E-state index is 0.0375. The fraction of sp³-hybridized carbons (Fsp3) is 0.562. The number of benzene rings is 1. The highest BCUT2D eigenvalue weighted by molar-refractivity contribution is 6.35. The first-order valence-corrected chi connectivity index (χ1v) is 14.9. The predicted octanol–water partition coefficient (Wildman–Crippen LogP) is 4.67. The molecule has 220 valence electrons. The normalized spacial score (nSPS) is 16.1. The van der Waals surface area contributed by atoms with Crippen molar-refractivity contribution in [3.8, 4) is 0 Å². The Morgan fingerprint density at radius 2 is 1.88 bits per heavy atom. The summed E-state index contributed by atoms with van der Waals surface area (Å²) in [7, 11) is 3.75. The molecule has 2 aromatic rings. The van der Waals surface area contributed by atoms with Crippen LogP contribution in [0.3, 0.4) is 0 Å². The second-order valence-electron chi connectivity index (χ2n) is 10.6. The maximum absolute atomic E-state index is 13.0. The van der Waals surface area contributed by atoms with E-state index in [9.17, 15) is 9.59 Å². The van der Waals surface area contributed by atoms with Crippen LogP contribution < -0.4 is 10.6 Å². The number of amides is 2. The van der Waals surface area contributed by atoms with Gasteiger partial charge in [-0.2, -0.15) is 0 Å². The van der Waals surface area contributed by atoms with Gasteiger partial charge >= 0.3 is 0 Å². The van der Waals surface area contributed by atoms with Crippen LogP contribution in [-0.2, 0) is 20.7 Å². The van der Waals surface area contributed by atoms with Gasteiger partial charge in [0.1, 0.15) is 0 Å². The van der Waals surface area contributed by atoms with E-state index in [1.807, 2.05) is 37.9 Å². The van der Waals surface area contributed by atoms with Crippen molar-refractivity contribution in [2.45, 2.75) is 59.3 Å². The quantitative estimate of drug-likeness (QED) is 0.334. The molecule has 1 fully saturated rings. The van der Waals surface area contributed by atoms with Crippen molar-refractivity contribution < 1.29 is 14.3 Å². The Morgan fingerprint density at radius 3 is 2.58 bits per heavy atom. The number of H-pyrrole nitrogens is 1. The van der Waals surface area contributed by atoms with Crippen LogP contribution in [0.25, 0.3) is 11.6 Å². The molecule has 1 saturated heterocycles. The van der Waals surface area contributed by atoms with Gasteiger partial charge in [-0.15, -0.1) is 0 Å². The van der Waals surface area contributed by atoms with E-state index in [-0.39, 0.29) is 11.8 Å². The average Bonchev–Trinajstić information content (AvgIpc) is 3.48. The van der Waals surface area contributed by atoms with Gasteiger partial charge < -0.3 is 30.2 Å². The summed E-state index contributed by atoms with van der Waals surface area (Å²) >= 11 is 0. The smallest absolute Gasteiger partial charge is 0.256 e. The Bertz CT molecular complexity index is 1150. The van der Waals surface area contributed by atoms with E-state index in [4.69, 9.17) is 4.74 Å². The molecule has 0 aliphatic carbocycles. The van der Waals surface area contributed by atoms with Crippen molar-refractivity contribution in [2.24, 2.45) is 0 Å². The minimum Gasteiger partial charge on any atom is -0.383 e. The summed E-state index contributed by atoms with van der Waals surface area (Å²) in [4.78, 5) is 32.8. The van der Waals surface area contributed by atoms with Gasteiger partial charge in [-0.1, -0.05) is 26.0 Å². The number of aromatic nitrogens is 1. The monoisotopic (exact) mass is 551 g/mol. The lowest BCUT2D eigenvalue weighted by atomic mass is 9.85. The van der Waals surface area contributed by atoms with Crippen molar-refractivity contribution >= 4 is 29.2 Å². The number of nitrogens with one attached hydrogen (secondary N) is 3. The zero-order valence-electron chi connectivity index (χ0n) is 25.4. The Hall–Kier alpha value is -2.94. The summed E-state index contributed by atoms with van der Waals surface area (Å²) in [6.45, 7) is 13.5. The fourth-order valence-electron chi connectivity index (χ4n) is 5.50. The molecule has 0 radical (unpaired) electrons. The van der Waals surface area contributed by atoms with E-state index >= 15 is 0 Å². The largest absolute Gasteiger partial charge is 0.383 e. The third kappa shape index (κ3) is 8.29.